The second-order valence-corrected chi connectivity index (χ2v) is 6.04. The van der Waals surface area contributed by atoms with Gasteiger partial charge in [-0.3, -0.25) is 4.63 Å². The van der Waals surface area contributed by atoms with Crippen LogP contribution >= 0.6 is 0 Å². The van der Waals surface area contributed by atoms with E-state index in [0.29, 0.717) is 11.1 Å². The number of phenolic OH excluding ortho intramolecular Hbond substituents is 1. The van der Waals surface area contributed by atoms with Crippen LogP contribution in [-0.4, -0.2) is 29.0 Å². The lowest BCUT2D eigenvalue weighted by atomic mass is 10.1. The molecule has 160 valence electrons. The predicted octanol–water partition coefficient (Wildman–Crippen LogP) is 2.97. The first-order valence-corrected chi connectivity index (χ1v) is 9.14. The van der Waals surface area contributed by atoms with Crippen LogP contribution in [-0.2, 0) is 20.9 Å². The number of aromatic hydroxyl groups is 1. The van der Waals surface area contributed by atoms with Crippen LogP contribution in [0.1, 0.15) is 18.2 Å². The second kappa shape index (κ2) is 9.92. The Hall–Kier alpha value is -4.34. The van der Waals surface area contributed by atoms with Gasteiger partial charge in [-0.05, 0) is 35.6 Å². The summed E-state index contributed by atoms with van der Waals surface area (Å²) >= 11 is 0. The number of esters is 1. The number of nitrogens with zero attached hydrogens (tertiary/aromatic N) is 2. The molecule has 0 unspecified atom stereocenters. The van der Waals surface area contributed by atoms with E-state index in [-0.39, 0.29) is 41.0 Å². The molecule has 1 heterocycles. The quantitative estimate of drug-likeness (QED) is 0.262. The van der Waals surface area contributed by atoms with Crippen molar-refractivity contribution < 1.29 is 38.4 Å². The van der Waals surface area contributed by atoms with Gasteiger partial charge in [0.25, 0.3) is 5.69 Å². The molecule has 10 nitrogen and oxygen atoms in total. The van der Waals surface area contributed by atoms with E-state index in [1.54, 1.807) is 31.2 Å². The smallest absolute Gasteiger partial charge is 0.504 e. The number of carbonyl (C=O) groups is 2. The van der Waals surface area contributed by atoms with Gasteiger partial charge in [0.05, 0.1) is 6.61 Å². The molecule has 2 aromatic carbocycles. The fraction of sp³-hybridized carbons (Fsp3) is 0.143. The standard InChI is InChI=1S/C21H18N2O8/c1-2-28-21(26)30-18-10-8-14(12-17(18)24)9-11-19(25)29-13-16-20(22-31-23(16)27)15-6-4-3-5-7-15/h3-12,24H,2,13H2,1H3/b11-9+. The van der Waals surface area contributed by atoms with Crippen LogP contribution in [0.25, 0.3) is 17.3 Å². The third-order valence-electron chi connectivity index (χ3n) is 3.95. The molecule has 0 amide bonds. The van der Waals surface area contributed by atoms with Crippen molar-refractivity contribution in [1.29, 1.82) is 0 Å². The van der Waals surface area contributed by atoms with Gasteiger partial charge in [-0.15, -0.1) is 0 Å². The molecule has 0 spiro atoms. The highest BCUT2D eigenvalue weighted by atomic mass is 16.8. The first-order chi connectivity index (χ1) is 15.0. The fourth-order valence-corrected chi connectivity index (χ4v) is 2.52. The lowest BCUT2D eigenvalue weighted by molar-refractivity contribution is -0.808. The summed E-state index contributed by atoms with van der Waals surface area (Å²) in [5.74, 6) is -1.13. The minimum atomic E-state index is -0.941. The Labute approximate surface area is 176 Å². The summed E-state index contributed by atoms with van der Waals surface area (Å²) in [6.07, 6.45) is 1.56. The molecule has 10 heteroatoms. The molecule has 0 radical (unpaired) electrons. The van der Waals surface area contributed by atoms with Crippen molar-refractivity contribution in [1.82, 2.24) is 5.16 Å². The summed E-state index contributed by atoms with van der Waals surface area (Å²) in [5, 5.41) is 25.4. The molecule has 1 N–H and O–H groups in total. The maximum Gasteiger partial charge on any atom is 0.513 e. The minimum Gasteiger partial charge on any atom is -0.504 e. The topological polar surface area (TPSA) is 135 Å². The van der Waals surface area contributed by atoms with E-state index in [9.17, 15) is 19.9 Å². The summed E-state index contributed by atoms with van der Waals surface area (Å²) in [6.45, 7) is 1.41. The maximum atomic E-state index is 12.0. The average molecular weight is 426 g/mol. The molecule has 0 atom stereocenters. The van der Waals surface area contributed by atoms with Gasteiger partial charge in [0.15, 0.2) is 18.1 Å². The molecule has 0 aliphatic carbocycles. The maximum absolute atomic E-state index is 12.0. The SMILES string of the molecule is CCOC(=O)Oc1ccc(/C=C/C(=O)OCc2c(-c3ccccc3)no[n+]2[O-])cc1O. The van der Waals surface area contributed by atoms with Crippen molar-refractivity contribution in [2.45, 2.75) is 13.5 Å². The molecule has 0 fully saturated rings. The van der Waals surface area contributed by atoms with Crippen molar-refractivity contribution in [3.05, 3.63) is 71.1 Å². The molecule has 0 bridgehead atoms. The van der Waals surface area contributed by atoms with E-state index in [0.717, 1.165) is 6.08 Å². The van der Waals surface area contributed by atoms with E-state index < -0.39 is 12.1 Å². The molecule has 0 aliphatic rings. The van der Waals surface area contributed by atoms with Gasteiger partial charge in [0.1, 0.15) is 0 Å². The van der Waals surface area contributed by atoms with E-state index in [1.807, 2.05) is 6.07 Å². The van der Waals surface area contributed by atoms with Gasteiger partial charge in [-0.2, -0.15) is 0 Å². The van der Waals surface area contributed by atoms with Crippen molar-refractivity contribution >= 4 is 18.2 Å². The van der Waals surface area contributed by atoms with Crippen LogP contribution in [0.15, 0.2) is 59.2 Å². The van der Waals surface area contributed by atoms with Crippen LogP contribution in [0.5, 0.6) is 11.5 Å². The highest BCUT2D eigenvalue weighted by molar-refractivity contribution is 5.87. The van der Waals surface area contributed by atoms with Crippen molar-refractivity contribution in [3.8, 4) is 22.8 Å². The van der Waals surface area contributed by atoms with Gasteiger partial charge in [0, 0.05) is 16.8 Å². The first kappa shape index (κ1) is 21.4. The molecule has 3 aromatic rings. The Kier molecular flexibility index (Phi) is 6.84. The number of aromatic nitrogens is 2. The number of hydrogen-bond acceptors (Lipinski definition) is 9. The van der Waals surface area contributed by atoms with Gasteiger partial charge >= 0.3 is 12.1 Å². The Morgan fingerprint density at radius 3 is 2.68 bits per heavy atom. The largest absolute Gasteiger partial charge is 0.513 e. The zero-order valence-electron chi connectivity index (χ0n) is 16.4. The number of rotatable bonds is 7. The molecular weight excluding hydrogens is 408 g/mol. The second-order valence-electron chi connectivity index (χ2n) is 6.04. The Balaban J connectivity index is 1.61. The number of phenols is 1. The van der Waals surface area contributed by atoms with Crippen LogP contribution in [0.3, 0.4) is 0 Å². The third kappa shape index (κ3) is 5.60. The van der Waals surface area contributed by atoms with Crippen molar-refractivity contribution in [2.75, 3.05) is 6.61 Å². The van der Waals surface area contributed by atoms with Crippen molar-refractivity contribution in [3.63, 3.8) is 0 Å². The molecular formula is C21H18N2O8. The number of benzene rings is 2. The Morgan fingerprint density at radius 1 is 1.19 bits per heavy atom. The lowest BCUT2D eigenvalue weighted by Gasteiger charge is -2.06. The Morgan fingerprint density at radius 2 is 1.97 bits per heavy atom. The minimum absolute atomic E-state index is 0.0473. The normalized spacial score (nSPS) is 10.7. The highest BCUT2D eigenvalue weighted by Crippen LogP contribution is 2.27. The number of ether oxygens (including phenoxy) is 3. The number of hydrogen-bond donors (Lipinski definition) is 1. The monoisotopic (exact) mass is 426 g/mol. The van der Waals surface area contributed by atoms with Crippen molar-refractivity contribution in [2.24, 2.45) is 0 Å². The van der Waals surface area contributed by atoms with E-state index in [1.165, 1.54) is 24.3 Å². The van der Waals surface area contributed by atoms with Gasteiger partial charge in [-0.1, -0.05) is 36.4 Å². The third-order valence-corrected chi connectivity index (χ3v) is 3.95. The Bertz CT molecular complexity index is 1090. The summed E-state index contributed by atoms with van der Waals surface area (Å²) in [7, 11) is 0. The predicted molar refractivity (Wildman–Crippen MR) is 105 cm³/mol. The van der Waals surface area contributed by atoms with Gasteiger partial charge in [-0.25, -0.2) is 9.59 Å². The molecule has 3 rings (SSSR count). The van der Waals surface area contributed by atoms with Crippen LogP contribution in [0.2, 0.25) is 0 Å². The molecule has 0 saturated heterocycles. The van der Waals surface area contributed by atoms with Crippen LogP contribution in [0, 0.1) is 5.21 Å². The first-order valence-electron chi connectivity index (χ1n) is 9.14. The number of carbonyl (C=O) groups excluding carboxylic acids is 2. The zero-order chi connectivity index (χ0) is 22.2. The van der Waals surface area contributed by atoms with E-state index >= 15 is 0 Å². The highest BCUT2D eigenvalue weighted by Gasteiger charge is 2.22. The molecule has 0 aliphatic heterocycles. The summed E-state index contributed by atoms with van der Waals surface area (Å²) in [5.41, 5.74) is 1.41. The fourth-order valence-electron chi connectivity index (χ4n) is 2.52. The zero-order valence-corrected chi connectivity index (χ0v) is 16.4. The van der Waals surface area contributed by atoms with Crippen LogP contribution in [0.4, 0.5) is 4.79 Å². The molecule has 31 heavy (non-hydrogen) atoms. The van der Waals surface area contributed by atoms with Crippen LogP contribution < -0.4 is 9.64 Å². The van der Waals surface area contributed by atoms with E-state index in [2.05, 4.69) is 14.5 Å². The molecule has 1 aromatic heterocycles. The van der Waals surface area contributed by atoms with E-state index in [4.69, 9.17) is 9.47 Å². The summed E-state index contributed by atoms with van der Waals surface area (Å²) in [6, 6.07) is 13.0. The van der Waals surface area contributed by atoms with Gasteiger partial charge in [0.2, 0.25) is 5.69 Å². The summed E-state index contributed by atoms with van der Waals surface area (Å²) in [4.78, 5) is 23.5. The van der Waals surface area contributed by atoms with Gasteiger partial charge < -0.3 is 24.5 Å². The average Bonchev–Trinajstić information content (AvgIpc) is 3.13. The molecule has 0 saturated carbocycles. The lowest BCUT2D eigenvalue weighted by Crippen LogP contribution is -2.29. The summed E-state index contributed by atoms with van der Waals surface area (Å²) < 4.78 is 19.2.